The van der Waals surface area contributed by atoms with E-state index in [9.17, 15) is 14.4 Å². The highest BCUT2D eigenvalue weighted by Gasteiger charge is 2.20. The monoisotopic (exact) mass is 235 g/mol. The Morgan fingerprint density at radius 3 is 2.59 bits per heavy atom. The molecule has 0 amide bonds. The lowest BCUT2D eigenvalue weighted by Crippen LogP contribution is -2.21. The zero-order valence-electron chi connectivity index (χ0n) is 9.73. The number of ether oxygens (including phenoxy) is 1. The van der Waals surface area contributed by atoms with Crippen LogP contribution in [0.25, 0.3) is 0 Å². The third-order valence-electron chi connectivity index (χ3n) is 2.00. The van der Waals surface area contributed by atoms with Gasteiger partial charge in [-0.15, -0.1) is 0 Å². The summed E-state index contributed by atoms with van der Waals surface area (Å²) in [5, 5.41) is 0. The number of aryl methyl sites for hydroxylation is 1. The standard InChI is InChI=1S/C12H13NO4/c1-3-17-12(16)11(15)7-10(14)9-6-4-5-8(2)13-9/h4-6H,3,7H2,1-2H3. The fraction of sp³-hybridized carbons (Fsp3) is 0.333. The van der Waals surface area contributed by atoms with Crippen molar-refractivity contribution in [2.45, 2.75) is 20.3 Å². The lowest BCUT2D eigenvalue weighted by Gasteiger charge is -2.01. The van der Waals surface area contributed by atoms with Crippen LogP contribution in [0.2, 0.25) is 0 Å². The normalized spacial score (nSPS) is 9.76. The maximum Gasteiger partial charge on any atom is 0.375 e. The maximum absolute atomic E-state index is 11.6. The van der Waals surface area contributed by atoms with Crippen LogP contribution in [0.4, 0.5) is 0 Å². The summed E-state index contributed by atoms with van der Waals surface area (Å²) in [4.78, 5) is 37.9. The number of ketones is 2. The van der Waals surface area contributed by atoms with Crippen molar-refractivity contribution in [3.63, 3.8) is 0 Å². The van der Waals surface area contributed by atoms with E-state index in [0.29, 0.717) is 5.69 Å². The number of esters is 1. The highest BCUT2D eigenvalue weighted by Crippen LogP contribution is 2.03. The minimum atomic E-state index is -0.978. The zero-order valence-corrected chi connectivity index (χ0v) is 9.73. The molecule has 0 aliphatic carbocycles. The quantitative estimate of drug-likeness (QED) is 0.330. The third kappa shape index (κ3) is 3.79. The van der Waals surface area contributed by atoms with Gasteiger partial charge in [0, 0.05) is 5.69 Å². The summed E-state index contributed by atoms with van der Waals surface area (Å²) in [6, 6.07) is 4.92. The van der Waals surface area contributed by atoms with Gasteiger partial charge in [0.15, 0.2) is 5.78 Å². The van der Waals surface area contributed by atoms with Crippen LogP contribution in [0.3, 0.4) is 0 Å². The molecule has 0 radical (unpaired) electrons. The maximum atomic E-state index is 11.6. The molecule has 1 aromatic heterocycles. The molecule has 5 heteroatoms. The van der Waals surface area contributed by atoms with Crippen LogP contribution in [0.15, 0.2) is 18.2 Å². The van der Waals surface area contributed by atoms with Crippen molar-refractivity contribution in [2.24, 2.45) is 0 Å². The summed E-state index contributed by atoms with van der Waals surface area (Å²) in [6.07, 6.45) is -0.505. The van der Waals surface area contributed by atoms with E-state index in [1.807, 2.05) is 0 Å². The number of hydrogen-bond acceptors (Lipinski definition) is 5. The number of aromatic nitrogens is 1. The molecular weight excluding hydrogens is 222 g/mol. The average molecular weight is 235 g/mol. The number of carbonyl (C=O) groups excluding carboxylic acids is 3. The van der Waals surface area contributed by atoms with E-state index in [1.165, 1.54) is 6.07 Å². The number of pyridine rings is 1. The molecule has 1 heterocycles. The molecular formula is C12H13NO4. The van der Waals surface area contributed by atoms with Gasteiger partial charge in [0.05, 0.1) is 13.0 Å². The van der Waals surface area contributed by atoms with Crippen LogP contribution < -0.4 is 0 Å². The summed E-state index contributed by atoms with van der Waals surface area (Å²) in [6.45, 7) is 3.44. The molecule has 0 saturated carbocycles. The highest BCUT2D eigenvalue weighted by molar-refractivity contribution is 6.38. The van der Waals surface area contributed by atoms with Crippen LogP contribution in [-0.4, -0.2) is 29.1 Å². The molecule has 90 valence electrons. The largest absolute Gasteiger partial charge is 0.460 e. The number of nitrogens with zero attached hydrogens (tertiary/aromatic N) is 1. The second-order valence-electron chi connectivity index (χ2n) is 3.41. The molecule has 0 spiro atoms. The number of Topliss-reactive ketones (excluding diaryl/α,β-unsaturated/α-hetero) is 2. The fourth-order valence-electron chi connectivity index (χ4n) is 1.22. The fourth-order valence-corrected chi connectivity index (χ4v) is 1.22. The number of carbonyl (C=O) groups is 3. The number of hydrogen-bond donors (Lipinski definition) is 0. The second-order valence-corrected chi connectivity index (χ2v) is 3.41. The molecule has 0 unspecified atom stereocenters. The number of rotatable bonds is 5. The molecule has 17 heavy (non-hydrogen) atoms. The Morgan fingerprint density at radius 2 is 2.00 bits per heavy atom. The highest BCUT2D eigenvalue weighted by atomic mass is 16.5. The predicted molar refractivity (Wildman–Crippen MR) is 59.6 cm³/mol. The van der Waals surface area contributed by atoms with Crippen molar-refractivity contribution in [1.29, 1.82) is 0 Å². The molecule has 1 rings (SSSR count). The Labute approximate surface area is 98.8 Å². The SMILES string of the molecule is CCOC(=O)C(=O)CC(=O)c1cccc(C)n1. The Hall–Kier alpha value is -2.04. The molecule has 5 nitrogen and oxygen atoms in total. The van der Waals surface area contributed by atoms with E-state index in [1.54, 1.807) is 26.0 Å². The smallest absolute Gasteiger partial charge is 0.375 e. The van der Waals surface area contributed by atoms with Crippen molar-refractivity contribution in [2.75, 3.05) is 6.61 Å². The molecule has 0 saturated heterocycles. The second kappa shape index (κ2) is 5.89. The van der Waals surface area contributed by atoms with Crippen molar-refractivity contribution in [3.05, 3.63) is 29.6 Å². The zero-order chi connectivity index (χ0) is 12.8. The topological polar surface area (TPSA) is 73.3 Å². The first kappa shape index (κ1) is 13.0. The summed E-state index contributed by atoms with van der Waals surface area (Å²) in [5.74, 6) is -2.31. The van der Waals surface area contributed by atoms with Crippen molar-refractivity contribution < 1.29 is 19.1 Å². The van der Waals surface area contributed by atoms with Crippen LogP contribution >= 0.6 is 0 Å². The van der Waals surface area contributed by atoms with Crippen molar-refractivity contribution in [3.8, 4) is 0 Å². The van der Waals surface area contributed by atoms with Gasteiger partial charge in [0.2, 0.25) is 5.78 Å². The Morgan fingerprint density at radius 1 is 1.29 bits per heavy atom. The summed E-state index contributed by atoms with van der Waals surface area (Å²) in [7, 11) is 0. The third-order valence-corrected chi connectivity index (χ3v) is 2.00. The Bertz CT molecular complexity index is 454. The molecule has 0 N–H and O–H groups in total. The van der Waals surface area contributed by atoms with Gasteiger partial charge in [-0.2, -0.15) is 0 Å². The van der Waals surface area contributed by atoms with Crippen molar-refractivity contribution in [1.82, 2.24) is 4.98 Å². The van der Waals surface area contributed by atoms with Crippen LogP contribution in [0.5, 0.6) is 0 Å². The van der Waals surface area contributed by atoms with Crippen molar-refractivity contribution >= 4 is 17.5 Å². The average Bonchev–Trinajstić information content (AvgIpc) is 2.29. The van der Waals surface area contributed by atoms with Gasteiger partial charge < -0.3 is 4.74 Å². The first-order valence-corrected chi connectivity index (χ1v) is 5.21. The van der Waals surface area contributed by atoms with Gasteiger partial charge in [0.25, 0.3) is 0 Å². The predicted octanol–water partition coefficient (Wildman–Crippen LogP) is 1.10. The molecule has 0 fully saturated rings. The molecule has 0 atom stereocenters. The summed E-state index contributed by atoms with van der Waals surface area (Å²) in [5.41, 5.74) is 0.863. The van der Waals surface area contributed by atoms with Gasteiger partial charge in [-0.05, 0) is 26.0 Å². The van der Waals surface area contributed by atoms with Gasteiger partial charge in [-0.3, -0.25) is 14.6 Å². The van der Waals surface area contributed by atoms with Gasteiger partial charge >= 0.3 is 5.97 Å². The summed E-state index contributed by atoms with van der Waals surface area (Å²) < 4.78 is 4.50. The first-order valence-electron chi connectivity index (χ1n) is 5.21. The van der Waals surface area contributed by atoms with Gasteiger partial charge in [0.1, 0.15) is 5.69 Å². The van der Waals surface area contributed by atoms with Gasteiger partial charge in [-0.1, -0.05) is 6.07 Å². The Kier molecular flexibility index (Phi) is 4.51. The van der Waals surface area contributed by atoms with Crippen LogP contribution in [0.1, 0.15) is 29.5 Å². The van der Waals surface area contributed by atoms with Gasteiger partial charge in [-0.25, -0.2) is 4.79 Å². The minimum absolute atomic E-state index is 0.113. The summed E-state index contributed by atoms with van der Waals surface area (Å²) >= 11 is 0. The lowest BCUT2D eigenvalue weighted by atomic mass is 10.1. The first-order chi connectivity index (χ1) is 8.04. The van der Waals surface area contributed by atoms with Crippen LogP contribution in [-0.2, 0) is 14.3 Å². The Balaban J connectivity index is 2.67. The lowest BCUT2D eigenvalue weighted by molar-refractivity contribution is -0.153. The van der Waals surface area contributed by atoms with E-state index in [-0.39, 0.29) is 12.3 Å². The van der Waals surface area contributed by atoms with E-state index in [2.05, 4.69) is 9.72 Å². The molecule has 1 aromatic rings. The molecule has 0 bridgehead atoms. The van der Waals surface area contributed by atoms with E-state index in [4.69, 9.17) is 0 Å². The minimum Gasteiger partial charge on any atom is -0.460 e. The van der Waals surface area contributed by atoms with E-state index in [0.717, 1.165) is 0 Å². The molecule has 0 aliphatic heterocycles. The van der Waals surface area contributed by atoms with Crippen LogP contribution in [0, 0.1) is 6.92 Å². The molecule has 0 aromatic carbocycles. The van der Waals surface area contributed by atoms with E-state index < -0.39 is 24.0 Å². The van der Waals surface area contributed by atoms with E-state index >= 15 is 0 Å². The molecule has 0 aliphatic rings.